The van der Waals surface area contributed by atoms with Crippen LogP contribution in [-0.2, 0) is 0 Å². The van der Waals surface area contributed by atoms with Gasteiger partial charge >= 0.3 is 0 Å². The van der Waals surface area contributed by atoms with E-state index in [1.807, 2.05) is 6.07 Å². The Morgan fingerprint density at radius 1 is 1.50 bits per heavy atom. The standard InChI is InChI=1S/C16H15F2N5O/c17-16(18)6-10(7-19)23(8-16)9-22-15(24)12-4-5-21-14-11(12)2-1-3-13(14)20/h1-5,10H,6,8-9,20H2,(H,22,24). The number of hydrogen-bond acceptors (Lipinski definition) is 5. The molecule has 124 valence electrons. The third kappa shape index (κ3) is 2.98. The highest BCUT2D eigenvalue weighted by molar-refractivity contribution is 6.08. The molecule has 2 aromatic rings. The van der Waals surface area contributed by atoms with Gasteiger partial charge in [-0.15, -0.1) is 0 Å². The lowest BCUT2D eigenvalue weighted by Gasteiger charge is -2.19. The van der Waals surface area contributed by atoms with Crippen LogP contribution in [0.25, 0.3) is 10.9 Å². The van der Waals surface area contributed by atoms with E-state index in [9.17, 15) is 13.6 Å². The van der Waals surface area contributed by atoms with E-state index in [2.05, 4.69) is 10.3 Å². The van der Waals surface area contributed by atoms with E-state index < -0.39 is 30.8 Å². The van der Waals surface area contributed by atoms with Gasteiger partial charge in [0.1, 0.15) is 6.04 Å². The lowest BCUT2D eigenvalue weighted by Crippen LogP contribution is -2.40. The summed E-state index contributed by atoms with van der Waals surface area (Å²) in [7, 11) is 0. The topological polar surface area (TPSA) is 95.0 Å². The fraction of sp³-hybridized carbons (Fsp3) is 0.312. The van der Waals surface area contributed by atoms with Crippen molar-refractivity contribution in [2.24, 2.45) is 0 Å². The Morgan fingerprint density at radius 2 is 2.29 bits per heavy atom. The molecule has 8 heteroatoms. The molecule has 1 unspecified atom stereocenters. The number of rotatable bonds is 3. The molecule has 24 heavy (non-hydrogen) atoms. The van der Waals surface area contributed by atoms with Crippen molar-refractivity contribution in [3.63, 3.8) is 0 Å². The average molecular weight is 331 g/mol. The highest BCUT2D eigenvalue weighted by atomic mass is 19.3. The molecule has 1 saturated heterocycles. The molecule has 3 N–H and O–H groups in total. The van der Waals surface area contributed by atoms with Crippen molar-refractivity contribution in [2.75, 3.05) is 18.9 Å². The van der Waals surface area contributed by atoms with Crippen molar-refractivity contribution in [1.82, 2.24) is 15.2 Å². The molecule has 1 aliphatic heterocycles. The van der Waals surface area contributed by atoms with Gasteiger partial charge < -0.3 is 11.1 Å². The number of benzene rings is 1. The summed E-state index contributed by atoms with van der Waals surface area (Å²) in [6.07, 6.45) is 0.948. The highest BCUT2D eigenvalue weighted by Crippen LogP contribution is 2.31. The molecule has 2 heterocycles. The van der Waals surface area contributed by atoms with Gasteiger partial charge in [0.05, 0.1) is 36.1 Å². The Bertz CT molecular complexity index is 833. The average Bonchev–Trinajstić information content (AvgIpc) is 2.86. The lowest BCUT2D eigenvalue weighted by atomic mass is 10.1. The number of nitrogens with one attached hydrogen (secondary N) is 1. The number of likely N-dealkylation sites (tertiary alicyclic amines) is 1. The molecule has 0 radical (unpaired) electrons. The van der Waals surface area contributed by atoms with Gasteiger partial charge in [-0.1, -0.05) is 12.1 Å². The lowest BCUT2D eigenvalue weighted by molar-refractivity contribution is 0.0113. The number of nitrogens with two attached hydrogens (primary N) is 1. The number of nitrogen functional groups attached to an aromatic ring is 1. The molecule has 0 saturated carbocycles. The Balaban J connectivity index is 1.77. The van der Waals surface area contributed by atoms with E-state index in [-0.39, 0.29) is 6.67 Å². The van der Waals surface area contributed by atoms with Gasteiger partial charge in [0, 0.05) is 18.0 Å². The highest BCUT2D eigenvalue weighted by Gasteiger charge is 2.45. The number of aromatic nitrogens is 1. The zero-order valence-electron chi connectivity index (χ0n) is 12.7. The maximum absolute atomic E-state index is 13.4. The summed E-state index contributed by atoms with van der Waals surface area (Å²) < 4.78 is 26.8. The van der Waals surface area contributed by atoms with Crippen LogP contribution in [-0.4, -0.2) is 41.0 Å². The number of para-hydroxylation sites is 1. The number of carbonyl (C=O) groups is 1. The SMILES string of the molecule is N#CC1CC(F)(F)CN1CNC(=O)c1ccnc2c(N)cccc12. The van der Waals surface area contributed by atoms with Crippen molar-refractivity contribution >= 4 is 22.5 Å². The van der Waals surface area contributed by atoms with E-state index in [1.165, 1.54) is 17.2 Å². The molecular weight excluding hydrogens is 316 g/mol. The van der Waals surface area contributed by atoms with Crippen LogP contribution in [0.5, 0.6) is 0 Å². The summed E-state index contributed by atoms with van der Waals surface area (Å²) in [6, 6.07) is 7.58. The smallest absolute Gasteiger partial charge is 0.263 e. The van der Waals surface area contributed by atoms with Gasteiger partial charge in [0.15, 0.2) is 0 Å². The van der Waals surface area contributed by atoms with Crippen LogP contribution in [0.1, 0.15) is 16.8 Å². The van der Waals surface area contributed by atoms with E-state index in [0.29, 0.717) is 22.2 Å². The molecule has 1 aromatic carbocycles. The van der Waals surface area contributed by atoms with E-state index in [4.69, 9.17) is 11.0 Å². The van der Waals surface area contributed by atoms with Crippen molar-refractivity contribution in [3.8, 4) is 6.07 Å². The number of amides is 1. The van der Waals surface area contributed by atoms with E-state index >= 15 is 0 Å². The van der Waals surface area contributed by atoms with Crippen LogP contribution >= 0.6 is 0 Å². The monoisotopic (exact) mass is 331 g/mol. The van der Waals surface area contributed by atoms with Gasteiger partial charge in [-0.3, -0.25) is 14.7 Å². The Hall–Kier alpha value is -2.79. The number of nitrogens with zero attached hydrogens (tertiary/aromatic N) is 3. The fourth-order valence-electron chi connectivity index (χ4n) is 2.84. The molecule has 1 fully saturated rings. The Morgan fingerprint density at radius 3 is 3.04 bits per heavy atom. The van der Waals surface area contributed by atoms with Gasteiger partial charge in [-0.05, 0) is 12.1 Å². The first-order valence-corrected chi connectivity index (χ1v) is 7.34. The number of halogens is 2. The van der Waals surface area contributed by atoms with Gasteiger partial charge in [0.2, 0.25) is 0 Å². The third-order valence-electron chi connectivity index (χ3n) is 4.01. The summed E-state index contributed by atoms with van der Waals surface area (Å²) in [5.41, 5.74) is 7.15. The van der Waals surface area contributed by atoms with E-state index in [1.54, 1.807) is 18.2 Å². The second kappa shape index (κ2) is 6.02. The summed E-state index contributed by atoms with van der Waals surface area (Å²) >= 11 is 0. The quantitative estimate of drug-likeness (QED) is 0.835. The molecule has 1 aliphatic rings. The van der Waals surface area contributed by atoms with Crippen LogP contribution in [0.2, 0.25) is 0 Å². The number of pyridine rings is 1. The number of hydrogen-bond donors (Lipinski definition) is 2. The normalized spacial score (nSPS) is 20.0. The number of carbonyl (C=O) groups excluding carboxylic acids is 1. The molecule has 1 atom stereocenters. The first-order chi connectivity index (χ1) is 11.4. The molecule has 6 nitrogen and oxygen atoms in total. The minimum Gasteiger partial charge on any atom is -0.397 e. The zero-order valence-corrected chi connectivity index (χ0v) is 12.7. The number of alkyl halides is 2. The Kier molecular flexibility index (Phi) is 4.03. The van der Waals surface area contributed by atoms with Gasteiger partial charge in [0.25, 0.3) is 11.8 Å². The summed E-state index contributed by atoms with van der Waals surface area (Å²) in [6.45, 7) is -0.672. The second-order valence-electron chi connectivity index (χ2n) is 5.72. The van der Waals surface area contributed by atoms with E-state index in [0.717, 1.165) is 0 Å². The molecule has 1 aromatic heterocycles. The van der Waals surface area contributed by atoms with Crippen molar-refractivity contribution < 1.29 is 13.6 Å². The maximum atomic E-state index is 13.4. The van der Waals surface area contributed by atoms with Crippen LogP contribution in [0.3, 0.4) is 0 Å². The molecule has 0 aliphatic carbocycles. The van der Waals surface area contributed by atoms with Gasteiger partial charge in [-0.25, -0.2) is 8.78 Å². The van der Waals surface area contributed by atoms with Crippen molar-refractivity contribution in [3.05, 3.63) is 36.0 Å². The molecular formula is C16H15F2N5O. The zero-order chi connectivity index (χ0) is 17.3. The minimum atomic E-state index is -2.91. The summed E-state index contributed by atoms with van der Waals surface area (Å²) in [4.78, 5) is 17.8. The maximum Gasteiger partial charge on any atom is 0.263 e. The van der Waals surface area contributed by atoms with Crippen LogP contribution in [0.4, 0.5) is 14.5 Å². The summed E-state index contributed by atoms with van der Waals surface area (Å²) in [5.74, 6) is -3.34. The van der Waals surface area contributed by atoms with Crippen LogP contribution < -0.4 is 11.1 Å². The fourth-order valence-corrected chi connectivity index (χ4v) is 2.84. The number of nitriles is 1. The predicted octanol–water partition coefficient (Wildman–Crippen LogP) is 1.74. The third-order valence-corrected chi connectivity index (χ3v) is 4.01. The molecule has 1 amide bonds. The molecule has 0 spiro atoms. The predicted molar refractivity (Wildman–Crippen MR) is 84.2 cm³/mol. The largest absolute Gasteiger partial charge is 0.397 e. The molecule has 3 rings (SSSR count). The van der Waals surface area contributed by atoms with Gasteiger partial charge in [-0.2, -0.15) is 5.26 Å². The minimum absolute atomic E-state index is 0.126. The van der Waals surface area contributed by atoms with Crippen molar-refractivity contribution in [2.45, 2.75) is 18.4 Å². The second-order valence-corrected chi connectivity index (χ2v) is 5.72. The first-order valence-electron chi connectivity index (χ1n) is 7.34. The van der Waals surface area contributed by atoms with Crippen LogP contribution in [0.15, 0.2) is 30.5 Å². The molecule has 0 bridgehead atoms. The Labute approximate surface area is 136 Å². The number of fused-ring (bicyclic) bond motifs is 1. The van der Waals surface area contributed by atoms with Crippen LogP contribution in [0, 0.1) is 11.3 Å². The summed E-state index contributed by atoms with van der Waals surface area (Å²) in [5, 5.41) is 12.1. The number of anilines is 1. The van der Waals surface area contributed by atoms with Crippen molar-refractivity contribution in [1.29, 1.82) is 5.26 Å². The first kappa shape index (κ1) is 16.1.